The Bertz CT molecular complexity index is 493. The molecular formula is C11H15NO4S. The maximum absolute atomic E-state index is 11.7. The zero-order valence-corrected chi connectivity index (χ0v) is 10.5. The molecular weight excluding hydrogens is 242 g/mol. The van der Waals surface area contributed by atoms with E-state index in [0.29, 0.717) is 5.69 Å². The minimum atomic E-state index is -3.67. The Morgan fingerprint density at radius 2 is 1.82 bits per heavy atom. The summed E-state index contributed by atoms with van der Waals surface area (Å²) in [6.07, 6.45) is 0. The Hall–Kier alpha value is -1.56. The SMILES string of the molecule is CC(C)(CS(=O)(=O)Nc1ccccc1)C(=O)O. The molecule has 0 saturated heterocycles. The highest BCUT2D eigenvalue weighted by Crippen LogP contribution is 2.19. The first kappa shape index (κ1) is 13.5. The minimum absolute atomic E-state index is 0.425. The van der Waals surface area contributed by atoms with Crippen LogP contribution in [-0.2, 0) is 14.8 Å². The maximum Gasteiger partial charge on any atom is 0.310 e. The smallest absolute Gasteiger partial charge is 0.310 e. The summed E-state index contributed by atoms with van der Waals surface area (Å²) in [6.45, 7) is 2.75. The molecule has 1 aromatic carbocycles. The van der Waals surface area contributed by atoms with Crippen LogP contribution in [0.4, 0.5) is 5.69 Å². The number of rotatable bonds is 5. The summed E-state index contributed by atoms with van der Waals surface area (Å²) in [6, 6.07) is 8.36. The monoisotopic (exact) mass is 257 g/mol. The van der Waals surface area contributed by atoms with Gasteiger partial charge in [-0.05, 0) is 26.0 Å². The lowest BCUT2D eigenvalue weighted by molar-refractivity contribution is -0.145. The van der Waals surface area contributed by atoms with Gasteiger partial charge in [0.1, 0.15) is 0 Å². The summed E-state index contributed by atoms with van der Waals surface area (Å²) in [5.41, 5.74) is -0.894. The molecule has 1 aromatic rings. The number of sulfonamides is 1. The van der Waals surface area contributed by atoms with Crippen LogP contribution in [0.25, 0.3) is 0 Å². The van der Waals surface area contributed by atoms with E-state index in [0.717, 1.165) is 0 Å². The van der Waals surface area contributed by atoms with E-state index in [9.17, 15) is 13.2 Å². The molecule has 0 heterocycles. The molecule has 5 nitrogen and oxygen atoms in total. The number of hydrogen-bond donors (Lipinski definition) is 2. The number of nitrogens with one attached hydrogen (secondary N) is 1. The fourth-order valence-electron chi connectivity index (χ4n) is 1.26. The van der Waals surface area contributed by atoms with E-state index in [2.05, 4.69) is 4.72 Å². The summed E-state index contributed by atoms with van der Waals surface area (Å²) in [4.78, 5) is 10.9. The van der Waals surface area contributed by atoms with Crippen LogP contribution in [0.15, 0.2) is 30.3 Å². The third kappa shape index (κ3) is 4.07. The fourth-order valence-corrected chi connectivity index (χ4v) is 2.90. The lowest BCUT2D eigenvalue weighted by Gasteiger charge is -2.19. The third-order valence-electron chi connectivity index (χ3n) is 2.18. The Kier molecular flexibility index (Phi) is 3.77. The lowest BCUT2D eigenvalue weighted by Crippen LogP contribution is -2.34. The number of para-hydroxylation sites is 1. The summed E-state index contributed by atoms with van der Waals surface area (Å²) in [5.74, 6) is -1.61. The first-order chi connectivity index (χ1) is 7.73. The largest absolute Gasteiger partial charge is 0.481 e. The van der Waals surface area contributed by atoms with E-state index < -0.39 is 27.2 Å². The molecule has 0 atom stereocenters. The average Bonchev–Trinajstić information content (AvgIpc) is 2.16. The van der Waals surface area contributed by atoms with Crippen LogP contribution in [0.1, 0.15) is 13.8 Å². The van der Waals surface area contributed by atoms with E-state index in [1.165, 1.54) is 13.8 Å². The minimum Gasteiger partial charge on any atom is -0.481 e. The van der Waals surface area contributed by atoms with Gasteiger partial charge in [-0.1, -0.05) is 18.2 Å². The fraction of sp³-hybridized carbons (Fsp3) is 0.364. The summed E-state index contributed by atoms with van der Waals surface area (Å²) in [7, 11) is -3.67. The number of benzene rings is 1. The quantitative estimate of drug-likeness (QED) is 0.838. The molecule has 0 saturated carbocycles. The van der Waals surface area contributed by atoms with E-state index in [1.807, 2.05) is 0 Å². The normalized spacial score (nSPS) is 12.1. The number of carboxylic acid groups (broad SMARTS) is 1. The Balaban J connectivity index is 2.81. The number of carboxylic acids is 1. The van der Waals surface area contributed by atoms with Crippen LogP contribution in [-0.4, -0.2) is 25.2 Å². The van der Waals surface area contributed by atoms with Gasteiger partial charge in [0.05, 0.1) is 11.2 Å². The van der Waals surface area contributed by atoms with E-state index in [1.54, 1.807) is 30.3 Å². The molecule has 0 amide bonds. The van der Waals surface area contributed by atoms with Gasteiger partial charge in [-0.25, -0.2) is 8.42 Å². The molecule has 6 heteroatoms. The van der Waals surface area contributed by atoms with Crippen molar-refractivity contribution in [2.24, 2.45) is 5.41 Å². The van der Waals surface area contributed by atoms with Gasteiger partial charge in [0.15, 0.2) is 0 Å². The van der Waals surface area contributed by atoms with Crippen LogP contribution >= 0.6 is 0 Å². The number of carbonyl (C=O) groups is 1. The lowest BCUT2D eigenvalue weighted by atomic mass is 9.97. The van der Waals surface area contributed by atoms with Crippen molar-refractivity contribution in [2.45, 2.75) is 13.8 Å². The van der Waals surface area contributed by atoms with Crippen LogP contribution < -0.4 is 4.72 Å². The van der Waals surface area contributed by atoms with Gasteiger partial charge >= 0.3 is 5.97 Å². The van der Waals surface area contributed by atoms with E-state index in [4.69, 9.17) is 5.11 Å². The molecule has 0 bridgehead atoms. The van der Waals surface area contributed by atoms with Crippen LogP contribution in [0.5, 0.6) is 0 Å². The summed E-state index contributed by atoms with van der Waals surface area (Å²) in [5, 5.41) is 8.88. The molecule has 0 fully saturated rings. The predicted octanol–water partition coefficient (Wildman–Crippen LogP) is 1.54. The molecule has 0 aliphatic carbocycles. The van der Waals surface area contributed by atoms with Crippen LogP contribution in [0.3, 0.4) is 0 Å². The summed E-state index contributed by atoms with van der Waals surface area (Å²) >= 11 is 0. The molecule has 0 unspecified atom stereocenters. The molecule has 17 heavy (non-hydrogen) atoms. The molecule has 0 radical (unpaired) electrons. The van der Waals surface area contributed by atoms with Crippen molar-refractivity contribution in [1.82, 2.24) is 0 Å². The predicted molar refractivity (Wildman–Crippen MR) is 65.3 cm³/mol. The third-order valence-corrected chi connectivity index (χ3v) is 3.83. The molecule has 1 rings (SSSR count). The van der Waals surface area contributed by atoms with E-state index in [-0.39, 0.29) is 0 Å². The van der Waals surface area contributed by atoms with Gasteiger partial charge in [0.25, 0.3) is 0 Å². The van der Waals surface area contributed by atoms with E-state index >= 15 is 0 Å². The molecule has 0 aliphatic rings. The standard InChI is InChI=1S/C11H15NO4S/c1-11(2,10(13)14)8-17(15,16)12-9-6-4-3-5-7-9/h3-7,12H,8H2,1-2H3,(H,13,14). The topological polar surface area (TPSA) is 83.5 Å². The molecule has 2 N–H and O–H groups in total. The van der Waals surface area contributed by atoms with Gasteiger partial charge < -0.3 is 5.11 Å². The van der Waals surface area contributed by atoms with Crippen LogP contribution in [0, 0.1) is 5.41 Å². The Morgan fingerprint density at radius 3 is 2.29 bits per heavy atom. The van der Waals surface area contributed by atoms with Gasteiger partial charge in [0.2, 0.25) is 10.0 Å². The molecule has 0 spiro atoms. The average molecular weight is 257 g/mol. The zero-order chi connectivity index (χ0) is 13.1. The second-order valence-corrected chi connectivity index (χ2v) is 6.14. The number of aliphatic carboxylic acids is 1. The van der Waals surface area contributed by atoms with Crippen molar-refractivity contribution in [3.05, 3.63) is 30.3 Å². The first-order valence-electron chi connectivity index (χ1n) is 5.02. The van der Waals surface area contributed by atoms with Gasteiger partial charge in [-0.3, -0.25) is 9.52 Å². The van der Waals surface area contributed by atoms with Crippen molar-refractivity contribution < 1.29 is 18.3 Å². The molecule has 0 aromatic heterocycles. The van der Waals surface area contributed by atoms with Crippen molar-refractivity contribution in [3.8, 4) is 0 Å². The number of hydrogen-bond acceptors (Lipinski definition) is 3. The molecule has 0 aliphatic heterocycles. The Labute approximate surface area is 101 Å². The van der Waals surface area contributed by atoms with Gasteiger partial charge in [0, 0.05) is 5.69 Å². The Morgan fingerprint density at radius 1 is 1.29 bits per heavy atom. The van der Waals surface area contributed by atoms with Crippen molar-refractivity contribution in [1.29, 1.82) is 0 Å². The van der Waals surface area contributed by atoms with Crippen LogP contribution in [0.2, 0.25) is 0 Å². The first-order valence-corrected chi connectivity index (χ1v) is 6.67. The van der Waals surface area contributed by atoms with Crippen molar-refractivity contribution in [3.63, 3.8) is 0 Å². The second kappa shape index (κ2) is 4.75. The van der Waals surface area contributed by atoms with Crippen molar-refractivity contribution in [2.75, 3.05) is 10.5 Å². The highest BCUT2D eigenvalue weighted by atomic mass is 32.2. The van der Waals surface area contributed by atoms with Crippen molar-refractivity contribution >= 4 is 21.7 Å². The highest BCUT2D eigenvalue weighted by Gasteiger charge is 2.33. The van der Waals surface area contributed by atoms with Gasteiger partial charge in [-0.2, -0.15) is 0 Å². The highest BCUT2D eigenvalue weighted by molar-refractivity contribution is 7.92. The molecule has 94 valence electrons. The zero-order valence-electron chi connectivity index (χ0n) is 9.67. The maximum atomic E-state index is 11.7. The van der Waals surface area contributed by atoms with Gasteiger partial charge in [-0.15, -0.1) is 0 Å². The summed E-state index contributed by atoms with van der Waals surface area (Å²) < 4.78 is 25.8. The number of anilines is 1. The second-order valence-electron chi connectivity index (χ2n) is 4.42.